The van der Waals surface area contributed by atoms with Gasteiger partial charge in [-0.1, -0.05) is 117 Å². The molecule has 0 aliphatic rings. The van der Waals surface area contributed by atoms with Crippen molar-refractivity contribution in [3.05, 3.63) is 176 Å². The third-order valence-corrected chi connectivity index (χ3v) is 13.1. The number of imidazole rings is 3. The van der Waals surface area contributed by atoms with E-state index in [0.717, 1.165) is 127 Å². The van der Waals surface area contributed by atoms with E-state index in [1.54, 1.807) is 0 Å². The molecule has 14 nitrogen and oxygen atoms in total. The lowest BCUT2D eigenvalue weighted by atomic mass is 10.1. The van der Waals surface area contributed by atoms with Crippen molar-refractivity contribution in [3.8, 4) is 0 Å². The Kier molecular flexibility index (Phi) is 21.9. The minimum Gasteiger partial charge on any atom is -0.469 e. The average Bonchev–Trinajstić information content (AvgIpc) is 4.09. The van der Waals surface area contributed by atoms with Crippen LogP contribution in [0.3, 0.4) is 0 Å². The molecule has 0 saturated heterocycles. The number of pyridine rings is 3. The van der Waals surface area contributed by atoms with Crippen molar-refractivity contribution in [2.45, 2.75) is 127 Å². The Morgan fingerprint density at radius 2 is 0.947 bits per heavy atom. The lowest BCUT2D eigenvalue weighted by Crippen LogP contribution is -2.07. The van der Waals surface area contributed by atoms with Gasteiger partial charge in [-0.25, -0.2) is 29.9 Å². The number of aliphatic hydroxyl groups is 1. The van der Waals surface area contributed by atoms with Gasteiger partial charge in [-0.3, -0.25) is 9.59 Å². The molecule has 15 heteroatoms. The van der Waals surface area contributed by atoms with Crippen LogP contribution in [0.25, 0.3) is 33.5 Å². The minimum absolute atomic E-state index is 0. The topological polar surface area (TPSA) is 176 Å². The normalized spacial score (nSPS) is 10.7. The predicted molar refractivity (Wildman–Crippen MR) is 305 cm³/mol. The molecule has 0 aliphatic heterocycles. The molecule has 0 fully saturated rings. The number of halogens is 1. The number of alkyl halides is 1. The Morgan fingerprint density at radius 1 is 0.547 bits per heavy atom. The first-order chi connectivity index (χ1) is 35.6. The van der Waals surface area contributed by atoms with Crippen LogP contribution < -0.4 is 0 Å². The highest BCUT2D eigenvalue weighted by Gasteiger charge is 2.16. The summed E-state index contributed by atoms with van der Waals surface area (Å²) in [5.74, 6) is 2.69. The highest BCUT2D eigenvalue weighted by molar-refractivity contribution is 9.08. The number of esters is 2. The number of aromatic amines is 1. The molecule has 0 aliphatic carbocycles. The molecule has 0 radical (unpaired) electrons. The summed E-state index contributed by atoms with van der Waals surface area (Å²) in [5, 5.41) is 9.85. The first-order valence-electron chi connectivity index (χ1n) is 25.1. The number of hydrogen-bond donors (Lipinski definition) is 2. The van der Waals surface area contributed by atoms with Crippen LogP contribution in [0.4, 0.5) is 0 Å². The monoisotopic (exact) mass is 1080 g/mol. The standard InChI is InChI=1S/C20H23N3O2.C19H23N3O.C10H11BrO2.C10H13N3.CH4/c1-5-17-22-19-13(2)10-14(3)21-20(19)23(17)12-16-8-6-15(7-9-16)11-18(24)25-4;1-4-17-21-18-13(2)11-14(3)20-19(18)22(17)12-16-7-5-15(6-8-16)9-10-23;1-13-10(12)6-8-2-4-9(7-11)5-3-8;1-4-8-12-9-6(2)5-7(3)11-10(9)13-8;/h6-10H,5,11-12H2,1-4H3;5-8,11,23H,4,9-10,12H2,1-3H3;2-5H,6-7H2,1H3;5H,4H2,1-3H3,(H,11,12,13);1H4. The number of carbonyl (C=O) groups is 2. The molecule has 6 aromatic heterocycles. The second-order valence-electron chi connectivity index (χ2n) is 18.3. The van der Waals surface area contributed by atoms with E-state index < -0.39 is 0 Å². The average molecular weight is 1080 g/mol. The number of carbonyl (C=O) groups excluding carboxylic acids is 2. The maximum atomic E-state index is 11.4. The zero-order valence-electron chi connectivity index (χ0n) is 44.8. The van der Waals surface area contributed by atoms with Gasteiger partial charge in [0.15, 0.2) is 16.9 Å². The SMILES string of the molecule is C.CCc1nc2c(C)cc(C)nc2n1Cc1ccc(CC(=O)OC)cc1.CCc1nc2c(C)cc(C)nc2n1Cc1ccc(CCO)cc1.CCc1nc2nc(C)cc(C)c2[nH]1.COC(=O)Cc1ccc(CBr)cc1. The van der Waals surface area contributed by atoms with Gasteiger partial charge in [0.2, 0.25) is 0 Å². The molecule has 0 atom stereocenters. The number of nitrogens with one attached hydrogen (secondary N) is 1. The van der Waals surface area contributed by atoms with Crippen LogP contribution in [-0.2, 0) is 76.0 Å². The van der Waals surface area contributed by atoms with Gasteiger partial charge >= 0.3 is 11.9 Å². The summed E-state index contributed by atoms with van der Waals surface area (Å²) in [4.78, 5) is 53.3. The van der Waals surface area contributed by atoms with E-state index in [4.69, 9.17) is 29.8 Å². The quantitative estimate of drug-likeness (QED) is 0.0783. The summed E-state index contributed by atoms with van der Waals surface area (Å²) in [5.41, 5.74) is 19.1. The number of H-pyrrole nitrogens is 1. The summed E-state index contributed by atoms with van der Waals surface area (Å²) in [6.07, 6.45) is 4.01. The highest BCUT2D eigenvalue weighted by Crippen LogP contribution is 2.23. The molecule has 396 valence electrons. The van der Waals surface area contributed by atoms with Gasteiger partial charge < -0.3 is 28.7 Å². The molecular weight excluding hydrogens is 1010 g/mol. The number of benzene rings is 3. The molecule has 0 amide bonds. The third-order valence-electron chi connectivity index (χ3n) is 12.5. The number of nitrogens with zero attached hydrogens (tertiary/aromatic N) is 8. The number of methoxy groups -OCH3 is 2. The Labute approximate surface area is 450 Å². The molecule has 0 saturated carbocycles. The van der Waals surface area contributed by atoms with E-state index in [9.17, 15) is 9.59 Å². The molecule has 9 rings (SSSR count). The van der Waals surface area contributed by atoms with Crippen molar-refractivity contribution in [2.75, 3.05) is 20.8 Å². The molecule has 0 bridgehead atoms. The number of fused-ring (bicyclic) bond motifs is 3. The number of aryl methyl sites for hydroxylation is 9. The van der Waals surface area contributed by atoms with Gasteiger partial charge in [0, 0.05) is 48.3 Å². The minimum atomic E-state index is -0.225. The van der Waals surface area contributed by atoms with Gasteiger partial charge in [-0.2, -0.15) is 0 Å². The largest absolute Gasteiger partial charge is 0.469 e. The summed E-state index contributed by atoms with van der Waals surface area (Å²) in [6, 6.07) is 30.5. The van der Waals surface area contributed by atoms with E-state index in [1.807, 2.05) is 69.3 Å². The summed E-state index contributed by atoms with van der Waals surface area (Å²) < 4.78 is 13.7. The van der Waals surface area contributed by atoms with E-state index in [0.29, 0.717) is 25.8 Å². The van der Waals surface area contributed by atoms with Crippen molar-refractivity contribution in [2.24, 2.45) is 0 Å². The molecular formula is C60H74BrN9O5. The van der Waals surface area contributed by atoms with Crippen LogP contribution in [0.1, 0.15) is 113 Å². The van der Waals surface area contributed by atoms with Crippen LogP contribution in [0.15, 0.2) is 91.0 Å². The maximum absolute atomic E-state index is 11.4. The Hall–Kier alpha value is -7.10. The number of aromatic nitrogens is 9. The second-order valence-corrected chi connectivity index (χ2v) is 18.9. The van der Waals surface area contributed by atoms with Crippen molar-refractivity contribution in [1.29, 1.82) is 0 Å². The number of aliphatic hydroxyl groups excluding tert-OH is 1. The zero-order valence-corrected chi connectivity index (χ0v) is 46.4. The fraction of sp³-hybridized carbons (Fsp3) is 0.367. The van der Waals surface area contributed by atoms with Crippen LogP contribution in [0, 0.1) is 41.5 Å². The van der Waals surface area contributed by atoms with E-state index >= 15 is 0 Å². The Morgan fingerprint density at radius 3 is 1.35 bits per heavy atom. The molecule has 3 aromatic carbocycles. The summed E-state index contributed by atoms with van der Waals surface area (Å²) >= 11 is 3.35. The lowest BCUT2D eigenvalue weighted by molar-refractivity contribution is -0.140. The van der Waals surface area contributed by atoms with Crippen molar-refractivity contribution in [1.82, 2.24) is 44.0 Å². The van der Waals surface area contributed by atoms with Gasteiger partial charge in [-0.05, 0) is 116 Å². The maximum Gasteiger partial charge on any atom is 0.309 e. The van der Waals surface area contributed by atoms with Crippen LogP contribution in [-0.4, -0.2) is 81.9 Å². The fourth-order valence-corrected chi connectivity index (χ4v) is 8.95. The van der Waals surface area contributed by atoms with Crippen molar-refractivity contribution >= 4 is 61.4 Å². The van der Waals surface area contributed by atoms with E-state index in [1.165, 1.54) is 36.5 Å². The Bertz CT molecular complexity index is 3310. The first-order valence-corrected chi connectivity index (χ1v) is 26.3. The van der Waals surface area contributed by atoms with Crippen LogP contribution >= 0.6 is 15.9 Å². The van der Waals surface area contributed by atoms with Gasteiger partial charge in [0.1, 0.15) is 28.5 Å². The van der Waals surface area contributed by atoms with Gasteiger partial charge in [0.05, 0.1) is 45.7 Å². The zero-order chi connectivity index (χ0) is 53.5. The molecule has 9 aromatic rings. The van der Waals surface area contributed by atoms with Crippen LogP contribution in [0.5, 0.6) is 0 Å². The predicted octanol–water partition coefficient (Wildman–Crippen LogP) is 11.6. The second kappa shape index (κ2) is 28.0. The van der Waals surface area contributed by atoms with Gasteiger partial charge in [-0.15, -0.1) is 0 Å². The number of ether oxygens (including phenoxy) is 2. The molecule has 2 N–H and O–H groups in total. The summed E-state index contributed by atoms with van der Waals surface area (Å²) in [7, 11) is 2.80. The first kappa shape index (κ1) is 58.8. The summed E-state index contributed by atoms with van der Waals surface area (Å²) in [6.45, 7) is 20.3. The van der Waals surface area contributed by atoms with Crippen molar-refractivity contribution < 1.29 is 24.2 Å². The fourth-order valence-electron chi connectivity index (χ4n) is 8.58. The number of hydrogen-bond acceptors (Lipinski definition) is 11. The molecule has 0 unspecified atom stereocenters. The third kappa shape index (κ3) is 15.7. The van der Waals surface area contributed by atoms with Crippen LogP contribution in [0.2, 0.25) is 0 Å². The van der Waals surface area contributed by atoms with Crippen molar-refractivity contribution in [3.63, 3.8) is 0 Å². The lowest BCUT2D eigenvalue weighted by Gasteiger charge is -2.09. The molecule has 0 spiro atoms. The molecule has 6 heterocycles. The number of rotatable bonds is 14. The van der Waals surface area contributed by atoms with Gasteiger partial charge in [0.25, 0.3) is 0 Å². The smallest absolute Gasteiger partial charge is 0.309 e. The van der Waals surface area contributed by atoms with E-state index in [-0.39, 0.29) is 26.0 Å². The Balaban J connectivity index is 0.000000192. The molecule has 75 heavy (non-hydrogen) atoms. The highest BCUT2D eigenvalue weighted by atomic mass is 79.9. The van der Waals surface area contributed by atoms with E-state index in [2.05, 4.69) is 129 Å².